The lowest BCUT2D eigenvalue weighted by Crippen LogP contribution is -2.31. The maximum absolute atomic E-state index is 11.3. The molecule has 1 unspecified atom stereocenters. The molecule has 18 heavy (non-hydrogen) atoms. The molecule has 1 atom stereocenters. The largest absolute Gasteiger partial charge is 0.493 e. The van der Waals surface area contributed by atoms with Gasteiger partial charge in [0, 0.05) is 12.7 Å². The van der Waals surface area contributed by atoms with Crippen molar-refractivity contribution in [2.24, 2.45) is 5.73 Å². The van der Waals surface area contributed by atoms with Gasteiger partial charge in [-0.2, -0.15) is 0 Å². The molecular weight excluding hydrogens is 254 g/mol. The number of methoxy groups -OCH3 is 1. The van der Waals surface area contributed by atoms with Crippen LogP contribution in [0.5, 0.6) is 11.5 Å². The molecule has 1 aromatic rings. The van der Waals surface area contributed by atoms with Crippen LogP contribution in [0.2, 0.25) is 0 Å². The third-order valence-electron chi connectivity index (χ3n) is 2.51. The first kappa shape index (κ1) is 14.8. The molecule has 0 aliphatic heterocycles. The Balaban J connectivity index is 2.94. The first-order valence-electron chi connectivity index (χ1n) is 5.62. The van der Waals surface area contributed by atoms with Gasteiger partial charge < -0.3 is 15.2 Å². The van der Waals surface area contributed by atoms with Crippen molar-refractivity contribution >= 4 is 9.84 Å². The smallest absolute Gasteiger partial charge is 0.163 e. The molecule has 5 nitrogen and oxygen atoms in total. The SMILES string of the molecule is CCOc1cc(CC(N)S(C)(=O)=O)ccc1OC. The first-order chi connectivity index (χ1) is 8.38. The second kappa shape index (κ2) is 6.06. The Morgan fingerprint density at radius 1 is 1.33 bits per heavy atom. The Hall–Kier alpha value is -1.27. The second-order valence-electron chi connectivity index (χ2n) is 3.99. The van der Waals surface area contributed by atoms with Crippen LogP contribution in [0.25, 0.3) is 0 Å². The summed E-state index contributed by atoms with van der Waals surface area (Å²) < 4.78 is 33.1. The molecule has 0 amide bonds. The van der Waals surface area contributed by atoms with E-state index in [2.05, 4.69) is 0 Å². The average Bonchev–Trinajstić information content (AvgIpc) is 2.28. The van der Waals surface area contributed by atoms with Crippen LogP contribution in [-0.2, 0) is 16.3 Å². The van der Waals surface area contributed by atoms with Crippen molar-refractivity contribution in [2.75, 3.05) is 20.0 Å². The molecular formula is C12H19NO4S. The van der Waals surface area contributed by atoms with Crippen LogP contribution in [0.4, 0.5) is 0 Å². The summed E-state index contributed by atoms with van der Waals surface area (Å²) >= 11 is 0. The molecule has 0 aliphatic rings. The minimum absolute atomic E-state index is 0.253. The van der Waals surface area contributed by atoms with E-state index < -0.39 is 15.2 Å². The number of benzene rings is 1. The highest BCUT2D eigenvalue weighted by Crippen LogP contribution is 2.28. The molecule has 0 fully saturated rings. The summed E-state index contributed by atoms with van der Waals surface area (Å²) in [6.07, 6.45) is 1.38. The fourth-order valence-electron chi connectivity index (χ4n) is 1.50. The molecule has 0 bridgehead atoms. The molecule has 0 saturated heterocycles. The van der Waals surface area contributed by atoms with Gasteiger partial charge in [-0.15, -0.1) is 0 Å². The zero-order valence-electron chi connectivity index (χ0n) is 10.8. The van der Waals surface area contributed by atoms with Crippen LogP contribution in [0.3, 0.4) is 0 Å². The minimum Gasteiger partial charge on any atom is -0.493 e. The predicted molar refractivity (Wildman–Crippen MR) is 70.7 cm³/mol. The lowest BCUT2D eigenvalue weighted by atomic mass is 10.1. The number of nitrogens with two attached hydrogens (primary N) is 1. The molecule has 0 aliphatic carbocycles. The van der Waals surface area contributed by atoms with Gasteiger partial charge in [0.05, 0.1) is 13.7 Å². The van der Waals surface area contributed by atoms with E-state index in [0.717, 1.165) is 11.8 Å². The first-order valence-corrected chi connectivity index (χ1v) is 7.58. The molecule has 0 radical (unpaired) electrons. The van der Waals surface area contributed by atoms with Gasteiger partial charge in [0.15, 0.2) is 21.3 Å². The van der Waals surface area contributed by atoms with Crippen molar-refractivity contribution in [3.63, 3.8) is 0 Å². The van der Waals surface area contributed by atoms with Crippen LogP contribution in [0, 0.1) is 0 Å². The Morgan fingerprint density at radius 3 is 2.50 bits per heavy atom. The standard InChI is InChI=1S/C12H19NO4S/c1-4-17-11-7-9(5-6-10(11)16-2)8-12(13)18(3,14)15/h5-7,12H,4,8,13H2,1-3H3. The third-order valence-corrected chi connectivity index (χ3v) is 3.78. The second-order valence-corrected chi connectivity index (χ2v) is 6.25. The number of rotatable bonds is 6. The highest BCUT2D eigenvalue weighted by Gasteiger charge is 2.16. The molecule has 6 heteroatoms. The van der Waals surface area contributed by atoms with Crippen molar-refractivity contribution in [1.29, 1.82) is 0 Å². The van der Waals surface area contributed by atoms with Crippen molar-refractivity contribution in [2.45, 2.75) is 18.7 Å². The number of ether oxygens (including phenoxy) is 2. The Bertz CT molecular complexity index is 499. The van der Waals surface area contributed by atoms with Crippen molar-refractivity contribution < 1.29 is 17.9 Å². The van der Waals surface area contributed by atoms with Crippen LogP contribution >= 0.6 is 0 Å². The highest BCUT2D eigenvalue weighted by molar-refractivity contribution is 7.91. The van der Waals surface area contributed by atoms with Gasteiger partial charge >= 0.3 is 0 Å². The monoisotopic (exact) mass is 273 g/mol. The minimum atomic E-state index is -3.24. The summed E-state index contributed by atoms with van der Waals surface area (Å²) in [6.45, 7) is 2.38. The van der Waals surface area contributed by atoms with E-state index >= 15 is 0 Å². The molecule has 1 rings (SSSR count). The molecule has 0 saturated carbocycles. The number of sulfone groups is 1. The van der Waals surface area contributed by atoms with Gasteiger partial charge in [-0.1, -0.05) is 6.07 Å². The summed E-state index contributed by atoms with van der Waals surface area (Å²) in [6, 6.07) is 5.29. The van der Waals surface area contributed by atoms with Crippen molar-refractivity contribution in [1.82, 2.24) is 0 Å². The molecule has 0 heterocycles. The van der Waals surface area contributed by atoms with E-state index in [-0.39, 0.29) is 6.42 Å². The van der Waals surface area contributed by atoms with E-state index in [1.54, 1.807) is 25.3 Å². The maximum Gasteiger partial charge on any atom is 0.163 e. The maximum atomic E-state index is 11.3. The van der Waals surface area contributed by atoms with Gasteiger partial charge in [0.1, 0.15) is 5.37 Å². The lowest BCUT2D eigenvalue weighted by Gasteiger charge is -2.13. The van der Waals surface area contributed by atoms with Crippen LogP contribution < -0.4 is 15.2 Å². The van der Waals surface area contributed by atoms with Crippen molar-refractivity contribution in [3.8, 4) is 11.5 Å². The fraction of sp³-hybridized carbons (Fsp3) is 0.500. The summed E-state index contributed by atoms with van der Waals surface area (Å²) in [7, 11) is -1.68. The topological polar surface area (TPSA) is 78.6 Å². The van der Waals surface area contributed by atoms with E-state index in [1.807, 2.05) is 6.92 Å². The van der Waals surface area contributed by atoms with Crippen LogP contribution in [0.1, 0.15) is 12.5 Å². The predicted octanol–water partition coefficient (Wildman–Crippen LogP) is 0.966. The quantitative estimate of drug-likeness (QED) is 0.835. The highest BCUT2D eigenvalue weighted by atomic mass is 32.2. The molecule has 0 aromatic heterocycles. The molecule has 102 valence electrons. The normalized spacial score (nSPS) is 13.1. The van der Waals surface area contributed by atoms with Crippen LogP contribution in [0.15, 0.2) is 18.2 Å². The Labute approximate surface area is 108 Å². The lowest BCUT2D eigenvalue weighted by molar-refractivity contribution is 0.310. The molecule has 1 aromatic carbocycles. The summed E-state index contributed by atoms with van der Waals surface area (Å²) in [5.41, 5.74) is 6.42. The number of hydrogen-bond acceptors (Lipinski definition) is 5. The van der Waals surface area contributed by atoms with E-state index in [9.17, 15) is 8.42 Å². The van der Waals surface area contributed by atoms with Crippen molar-refractivity contribution in [3.05, 3.63) is 23.8 Å². The summed E-state index contributed by atoms with van der Waals surface area (Å²) in [4.78, 5) is 0. The number of hydrogen-bond donors (Lipinski definition) is 1. The van der Waals surface area contributed by atoms with Gasteiger partial charge in [0.25, 0.3) is 0 Å². The van der Waals surface area contributed by atoms with E-state index in [0.29, 0.717) is 18.1 Å². The average molecular weight is 273 g/mol. The fourth-order valence-corrected chi connectivity index (χ4v) is 2.00. The zero-order chi connectivity index (χ0) is 13.8. The van der Waals surface area contributed by atoms with Crippen LogP contribution in [-0.4, -0.2) is 33.8 Å². The molecule has 0 spiro atoms. The summed E-state index contributed by atoms with van der Waals surface area (Å²) in [5, 5.41) is -0.902. The Kier molecular flexibility index (Phi) is 4.98. The summed E-state index contributed by atoms with van der Waals surface area (Å²) in [5.74, 6) is 1.21. The van der Waals surface area contributed by atoms with Gasteiger partial charge in [-0.25, -0.2) is 8.42 Å². The third kappa shape index (κ3) is 3.89. The zero-order valence-corrected chi connectivity index (χ0v) is 11.7. The Morgan fingerprint density at radius 2 is 2.00 bits per heavy atom. The van der Waals surface area contributed by atoms with Gasteiger partial charge in [0.2, 0.25) is 0 Å². The van der Waals surface area contributed by atoms with Gasteiger partial charge in [-0.05, 0) is 24.6 Å². The van der Waals surface area contributed by atoms with E-state index in [4.69, 9.17) is 15.2 Å². The van der Waals surface area contributed by atoms with Gasteiger partial charge in [-0.3, -0.25) is 0 Å². The molecule has 2 N–H and O–H groups in total. The van der Waals surface area contributed by atoms with E-state index in [1.165, 1.54) is 0 Å².